The van der Waals surface area contributed by atoms with Gasteiger partial charge in [-0.3, -0.25) is 14.2 Å². The summed E-state index contributed by atoms with van der Waals surface area (Å²) in [4.78, 5) is 31.3. The number of nitrogens with one attached hydrogen (secondary N) is 2. The van der Waals surface area contributed by atoms with Crippen molar-refractivity contribution >= 4 is 28.0 Å². The molecule has 0 bridgehead atoms. The van der Waals surface area contributed by atoms with E-state index < -0.39 is 16.8 Å². The van der Waals surface area contributed by atoms with Crippen molar-refractivity contribution in [3.05, 3.63) is 32.5 Å². The molecular formula is C19H22FN5O3. The average molecular weight is 387 g/mol. The van der Waals surface area contributed by atoms with Gasteiger partial charge in [0.05, 0.1) is 5.39 Å². The summed E-state index contributed by atoms with van der Waals surface area (Å²) in [5.74, 6) is 0.167. The monoisotopic (exact) mass is 387 g/mol. The van der Waals surface area contributed by atoms with Crippen molar-refractivity contribution in [2.24, 2.45) is 5.92 Å². The van der Waals surface area contributed by atoms with Crippen molar-refractivity contribution in [1.29, 1.82) is 0 Å². The topological polar surface area (TPSA) is 96.2 Å². The van der Waals surface area contributed by atoms with E-state index in [-0.39, 0.29) is 28.3 Å². The first kappa shape index (κ1) is 17.4. The summed E-state index contributed by atoms with van der Waals surface area (Å²) < 4.78 is 22.0. The minimum atomic E-state index is -0.591. The number of H-pyrrole nitrogens is 1. The van der Waals surface area contributed by atoms with E-state index in [0.717, 1.165) is 45.4 Å². The van der Waals surface area contributed by atoms with Crippen LogP contribution in [-0.2, 0) is 0 Å². The van der Waals surface area contributed by atoms with E-state index in [1.165, 1.54) is 6.07 Å². The van der Waals surface area contributed by atoms with Gasteiger partial charge in [0.15, 0.2) is 17.0 Å². The van der Waals surface area contributed by atoms with E-state index in [2.05, 4.69) is 22.4 Å². The summed E-state index contributed by atoms with van der Waals surface area (Å²) in [7, 11) is 0. The Morgan fingerprint density at radius 1 is 1.36 bits per heavy atom. The first-order valence-corrected chi connectivity index (χ1v) is 9.80. The number of pyridine rings is 2. The van der Waals surface area contributed by atoms with Gasteiger partial charge in [0.1, 0.15) is 5.65 Å². The molecule has 0 spiro atoms. The number of rotatable bonds is 5. The molecule has 9 heteroatoms. The lowest BCUT2D eigenvalue weighted by Crippen LogP contribution is -2.27. The van der Waals surface area contributed by atoms with Gasteiger partial charge in [0.25, 0.3) is 5.56 Å². The zero-order valence-corrected chi connectivity index (χ0v) is 15.6. The van der Waals surface area contributed by atoms with Crippen LogP contribution in [0.1, 0.15) is 32.2 Å². The van der Waals surface area contributed by atoms with E-state index in [1.807, 2.05) is 4.90 Å². The normalized spacial score (nSPS) is 19.9. The summed E-state index contributed by atoms with van der Waals surface area (Å²) in [5.41, 5.74) is -0.552. The molecule has 0 aromatic carbocycles. The Labute approximate surface area is 159 Å². The standard InChI is InChI=1S/C19H22FN5O3/c1-2-21-8-10-5-6-24(9-10)17-13(20)7-12-15(26)14-18(27)23-28-19(14)25(11-3-4-11)16(12)22-17/h7,10-11,21H,2-6,8-9H2,1H3,(H,23,27). The number of nitrogens with zero attached hydrogens (tertiary/aromatic N) is 3. The van der Waals surface area contributed by atoms with E-state index in [0.29, 0.717) is 11.6 Å². The van der Waals surface area contributed by atoms with Crippen LogP contribution in [0.5, 0.6) is 0 Å². The molecule has 0 radical (unpaired) electrons. The van der Waals surface area contributed by atoms with Gasteiger partial charge in [-0.25, -0.2) is 9.37 Å². The smallest absolute Gasteiger partial charge is 0.293 e. The molecule has 1 aliphatic heterocycles. The SMILES string of the molecule is CCNCC1CCN(c2nc3c(cc2F)c(=O)c2c(=O)[nH]oc2n3C2CC2)C1. The Balaban J connectivity index is 1.66. The van der Waals surface area contributed by atoms with Gasteiger partial charge in [-0.1, -0.05) is 6.92 Å². The molecule has 1 saturated carbocycles. The van der Waals surface area contributed by atoms with Gasteiger partial charge in [0, 0.05) is 19.1 Å². The van der Waals surface area contributed by atoms with Crippen molar-refractivity contribution < 1.29 is 8.91 Å². The third-order valence-corrected chi connectivity index (χ3v) is 5.72. The summed E-state index contributed by atoms with van der Waals surface area (Å²) in [5, 5.41) is 5.62. The Kier molecular flexibility index (Phi) is 4.01. The van der Waals surface area contributed by atoms with Crippen molar-refractivity contribution in [2.45, 2.75) is 32.2 Å². The van der Waals surface area contributed by atoms with Crippen LogP contribution in [0.2, 0.25) is 0 Å². The quantitative estimate of drug-likeness (QED) is 0.692. The highest BCUT2D eigenvalue weighted by atomic mass is 19.1. The molecule has 2 N–H and O–H groups in total. The second kappa shape index (κ2) is 6.44. The minimum absolute atomic E-state index is 0.0692. The molecule has 2 fully saturated rings. The van der Waals surface area contributed by atoms with Crippen molar-refractivity contribution in [3.8, 4) is 0 Å². The van der Waals surface area contributed by atoms with E-state index in [4.69, 9.17) is 4.52 Å². The molecular weight excluding hydrogens is 365 g/mol. The molecule has 148 valence electrons. The maximum atomic E-state index is 14.9. The molecule has 3 aromatic heterocycles. The number of anilines is 1. The minimum Gasteiger partial charge on any atom is -0.360 e. The summed E-state index contributed by atoms with van der Waals surface area (Å²) in [6.07, 6.45) is 2.78. The van der Waals surface area contributed by atoms with Crippen molar-refractivity contribution in [1.82, 2.24) is 20.0 Å². The Morgan fingerprint density at radius 2 is 2.18 bits per heavy atom. The van der Waals surface area contributed by atoms with Crippen LogP contribution in [0, 0.1) is 11.7 Å². The van der Waals surface area contributed by atoms with Gasteiger partial charge >= 0.3 is 0 Å². The number of fused-ring (bicyclic) bond motifs is 2. The van der Waals surface area contributed by atoms with Crippen LogP contribution in [0.15, 0.2) is 20.2 Å². The average Bonchev–Trinajstić information content (AvgIpc) is 3.28. The van der Waals surface area contributed by atoms with E-state index >= 15 is 0 Å². The summed E-state index contributed by atoms with van der Waals surface area (Å²) in [6, 6.07) is 1.33. The Bertz CT molecular complexity index is 1180. The highest BCUT2D eigenvalue weighted by molar-refractivity contribution is 5.90. The zero-order chi connectivity index (χ0) is 19.4. The predicted octanol–water partition coefficient (Wildman–Crippen LogP) is 1.74. The second-order valence-electron chi connectivity index (χ2n) is 7.72. The van der Waals surface area contributed by atoms with Gasteiger partial charge in [-0.05, 0) is 44.3 Å². The van der Waals surface area contributed by atoms with Crippen LogP contribution in [-0.4, -0.2) is 40.9 Å². The van der Waals surface area contributed by atoms with E-state index in [9.17, 15) is 14.0 Å². The Morgan fingerprint density at radius 3 is 2.93 bits per heavy atom. The molecule has 1 saturated heterocycles. The number of aromatic nitrogens is 3. The molecule has 3 aromatic rings. The highest BCUT2D eigenvalue weighted by Gasteiger charge is 2.32. The predicted molar refractivity (Wildman–Crippen MR) is 103 cm³/mol. The largest absolute Gasteiger partial charge is 0.360 e. The zero-order valence-electron chi connectivity index (χ0n) is 15.6. The maximum Gasteiger partial charge on any atom is 0.293 e. The van der Waals surface area contributed by atoms with Gasteiger partial charge < -0.3 is 14.7 Å². The fourth-order valence-corrected chi connectivity index (χ4v) is 4.15. The number of hydrogen-bond acceptors (Lipinski definition) is 6. The molecule has 4 heterocycles. The van der Waals surface area contributed by atoms with Gasteiger partial charge in [-0.2, -0.15) is 5.16 Å². The van der Waals surface area contributed by atoms with Crippen molar-refractivity contribution in [3.63, 3.8) is 0 Å². The molecule has 5 rings (SSSR count). The van der Waals surface area contributed by atoms with Crippen LogP contribution < -0.4 is 21.2 Å². The number of halogens is 1. The Hall–Kier alpha value is -2.68. The molecule has 2 aliphatic rings. The summed E-state index contributed by atoms with van der Waals surface area (Å²) in [6.45, 7) is 5.31. The fraction of sp³-hybridized carbons (Fsp3) is 0.526. The first-order chi connectivity index (χ1) is 13.6. The molecule has 28 heavy (non-hydrogen) atoms. The lowest BCUT2D eigenvalue weighted by Gasteiger charge is -2.20. The third-order valence-electron chi connectivity index (χ3n) is 5.72. The van der Waals surface area contributed by atoms with Gasteiger partial charge in [-0.15, -0.1) is 0 Å². The second-order valence-corrected chi connectivity index (χ2v) is 7.72. The summed E-state index contributed by atoms with van der Waals surface area (Å²) >= 11 is 0. The van der Waals surface area contributed by atoms with Gasteiger partial charge in [0.2, 0.25) is 11.1 Å². The number of aromatic amines is 1. The van der Waals surface area contributed by atoms with E-state index in [1.54, 1.807) is 4.57 Å². The van der Waals surface area contributed by atoms with Crippen molar-refractivity contribution in [2.75, 3.05) is 31.1 Å². The third kappa shape index (κ3) is 2.64. The van der Waals surface area contributed by atoms with Crippen LogP contribution in [0.4, 0.5) is 10.2 Å². The van der Waals surface area contributed by atoms with Crippen LogP contribution in [0.3, 0.4) is 0 Å². The lowest BCUT2D eigenvalue weighted by molar-refractivity contribution is 0.428. The fourth-order valence-electron chi connectivity index (χ4n) is 4.15. The molecule has 8 nitrogen and oxygen atoms in total. The lowest BCUT2D eigenvalue weighted by atomic mass is 10.1. The number of hydrogen-bond donors (Lipinski definition) is 2. The van der Waals surface area contributed by atoms with Crippen LogP contribution >= 0.6 is 0 Å². The first-order valence-electron chi connectivity index (χ1n) is 9.80. The maximum absolute atomic E-state index is 14.9. The molecule has 1 atom stereocenters. The molecule has 1 aliphatic carbocycles. The molecule has 1 unspecified atom stereocenters. The molecule has 0 amide bonds. The van der Waals surface area contributed by atoms with Crippen LogP contribution in [0.25, 0.3) is 22.1 Å². The highest BCUT2D eigenvalue weighted by Crippen LogP contribution is 2.39.